The summed E-state index contributed by atoms with van der Waals surface area (Å²) in [7, 11) is 2.62. The van der Waals surface area contributed by atoms with Crippen molar-refractivity contribution in [2.75, 3.05) is 27.3 Å². The molecule has 2 saturated carbocycles. The molecule has 4 heterocycles. The van der Waals surface area contributed by atoms with Gasteiger partial charge in [0.05, 0.1) is 37.7 Å². The fourth-order valence-corrected chi connectivity index (χ4v) is 11.5. The number of carbonyl (C=O) groups excluding carboxylic acids is 4. The molecule has 2 aliphatic heterocycles. The summed E-state index contributed by atoms with van der Waals surface area (Å²) in [4.78, 5) is 73.2. The van der Waals surface area contributed by atoms with Crippen LogP contribution < -0.4 is 10.6 Å². The second-order valence-corrected chi connectivity index (χ2v) is 22.4. The summed E-state index contributed by atoms with van der Waals surface area (Å²) in [6, 6.07) is 22.1. The van der Waals surface area contributed by atoms with E-state index in [0.717, 1.165) is 126 Å². The van der Waals surface area contributed by atoms with E-state index in [9.17, 15) is 19.2 Å². The van der Waals surface area contributed by atoms with Crippen molar-refractivity contribution in [1.29, 1.82) is 0 Å². The average molecular weight is 999 g/mol. The number of nitrogens with one attached hydrogen (secondary N) is 4. The number of amides is 4. The molecule has 11 rings (SSSR count). The van der Waals surface area contributed by atoms with Crippen molar-refractivity contribution in [3.05, 3.63) is 138 Å². The Bertz CT molecular complexity index is 3010. The van der Waals surface area contributed by atoms with Gasteiger partial charge in [0.25, 0.3) is 0 Å². The highest BCUT2D eigenvalue weighted by Crippen LogP contribution is 2.59. The van der Waals surface area contributed by atoms with E-state index in [1.165, 1.54) is 30.9 Å². The third-order valence-corrected chi connectivity index (χ3v) is 16.4. The molecule has 4 atom stereocenters. The molecule has 14 nitrogen and oxygen atoms in total. The number of nitrogens with zero attached hydrogens (tertiary/aromatic N) is 4. The van der Waals surface area contributed by atoms with Gasteiger partial charge in [0.2, 0.25) is 11.8 Å². The molecule has 74 heavy (non-hydrogen) atoms. The fraction of sp³-hybridized carbons (Fsp3) is 0.433. The Hall–Kier alpha value is -7.22. The van der Waals surface area contributed by atoms with Crippen molar-refractivity contribution in [2.45, 2.75) is 116 Å². The maximum atomic E-state index is 14.0. The Balaban J connectivity index is 0.815. The quantitative estimate of drug-likeness (QED) is 0.0955. The first-order valence-electron chi connectivity index (χ1n) is 26.4. The van der Waals surface area contributed by atoms with E-state index >= 15 is 0 Å². The highest BCUT2D eigenvalue weighted by atomic mass is 16.5. The number of H-pyrrole nitrogens is 2. The maximum Gasteiger partial charge on any atom is 0.407 e. The van der Waals surface area contributed by atoms with E-state index < -0.39 is 24.3 Å². The van der Waals surface area contributed by atoms with Crippen LogP contribution in [0.5, 0.6) is 0 Å². The second-order valence-electron chi connectivity index (χ2n) is 22.4. The van der Waals surface area contributed by atoms with Crippen molar-refractivity contribution in [1.82, 2.24) is 40.4 Å². The zero-order valence-electron chi connectivity index (χ0n) is 43.7. The molecule has 2 aromatic heterocycles. The van der Waals surface area contributed by atoms with Crippen LogP contribution in [0.4, 0.5) is 9.59 Å². The molecule has 4 aliphatic carbocycles. The molecule has 2 spiro atoms. The van der Waals surface area contributed by atoms with Crippen LogP contribution in [0.2, 0.25) is 0 Å². The Morgan fingerprint density at radius 3 is 1.57 bits per heavy atom. The summed E-state index contributed by atoms with van der Waals surface area (Å²) in [6.45, 7) is 18.2. The number of allylic oxidation sites excluding steroid dienone is 4. The van der Waals surface area contributed by atoms with E-state index in [-0.39, 0.29) is 46.6 Å². The van der Waals surface area contributed by atoms with Gasteiger partial charge >= 0.3 is 12.2 Å². The van der Waals surface area contributed by atoms with Gasteiger partial charge in [0.15, 0.2) is 0 Å². The number of fused-ring (bicyclic) bond motifs is 8. The molecular weight excluding hydrogens is 929 g/mol. The fourth-order valence-electron chi connectivity index (χ4n) is 11.5. The maximum absolute atomic E-state index is 14.0. The zero-order valence-corrected chi connectivity index (χ0v) is 43.7. The number of methoxy groups -OCH3 is 2. The Morgan fingerprint density at radius 1 is 0.635 bits per heavy atom. The first-order chi connectivity index (χ1) is 35.5. The van der Waals surface area contributed by atoms with Gasteiger partial charge in [-0.1, -0.05) is 119 Å². The molecule has 0 unspecified atom stereocenters. The van der Waals surface area contributed by atoms with Crippen LogP contribution in [-0.2, 0) is 31.9 Å². The molecule has 2 saturated heterocycles. The van der Waals surface area contributed by atoms with Gasteiger partial charge in [-0.3, -0.25) is 9.59 Å². The molecule has 14 heteroatoms. The number of imidazole rings is 2. The number of aromatic nitrogens is 4. The molecule has 2 bridgehead atoms. The second kappa shape index (κ2) is 20.2. The molecule has 0 radical (unpaired) electrons. The van der Waals surface area contributed by atoms with Gasteiger partial charge in [-0.05, 0) is 126 Å². The van der Waals surface area contributed by atoms with E-state index in [1.807, 2.05) is 49.9 Å². The predicted molar refractivity (Wildman–Crippen MR) is 286 cm³/mol. The summed E-state index contributed by atoms with van der Waals surface area (Å²) < 4.78 is 9.70. The van der Waals surface area contributed by atoms with Crippen LogP contribution in [0.3, 0.4) is 0 Å². The summed E-state index contributed by atoms with van der Waals surface area (Å²) in [5.74, 6) is 1.09. The van der Waals surface area contributed by atoms with Crippen LogP contribution in [0, 0.1) is 22.7 Å². The molecular formula is C60H70N8O6. The number of aryl methyl sites for hydroxylation is 2. The number of hydrogen-bond donors (Lipinski definition) is 4. The SMILES string of the molecule is C=C1/C=C(/c2ccc(-c3c[nH]c([C@@H]4CC5(CC5)CN4C(=O)[C@@H](NC(=O)OC)C(C)C)n3)cc2)C(=C)CCc2ccc(c(-c3ccc(-c4c[nH]c([C@@H]5CC6(CC6)CN5C(=O)[C@@H](NC(=O)OC)C(C)C)n4)cc3)c2)CC1. The van der Waals surface area contributed by atoms with Gasteiger partial charge in [0.1, 0.15) is 23.7 Å². The number of benzene rings is 3. The van der Waals surface area contributed by atoms with E-state index in [4.69, 9.17) is 19.4 Å². The number of aromatic amines is 2. The largest absolute Gasteiger partial charge is 0.453 e. The van der Waals surface area contributed by atoms with Crippen molar-refractivity contribution < 1.29 is 28.7 Å². The molecule has 3 aromatic carbocycles. The van der Waals surface area contributed by atoms with Crippen LogP contribution >= 0.6 is 0 Å². The third kappa shape index (κ3) is 10.3. The number of hydrogen-bond acceptors (Lipinski definition) is 8. The number of rotatable bonds is 12. The topological polar surface area (TPSA) is 175 Å². The van der Waals surface area contributed by atoms with Crippen LogP contribution in [0.25, 0.3) is 39.2 Å². The van der Waals surface area contributed by atoms with Gasteiger partial charge in [-0.2, -0.15) is 0 Å². The lowest BCUT2D eigenvalue weighted by Gasteiger charge is -2.30. The molecule has 4 amide bonds. The minimum absolute atomic E-state index is 0.105. The van der Waals surface area contributed by atoms with Crippen molar-refractivity contribution in [3.8, 4) is 33.6 Å². The number of carbonyl (C=O) groups is 4. The van der Waals surface area contributed by atoms with Gasteiger partial charge in [-0.25, -0.2) is 19.6 Å². The average Bonchev–Trinajstić information content (AvgIpc) is 3.97. The predicted octanol–water partition coefficient (Wildman–Crippen LogP) is 11.1. The van der Waals surface area contributed by atoms with Crippen LogP contribution in [0.1, 0.15) is 119 Å². The number of ether oxygens (including phenoxy) is 2. The number of alkyl carbamates (subject to hydrolysis) is 2. The molecule has 6 aliphatic rings. The number of likely N-dealkylation sites (tertiary alicyclic amines) is 2. The summed E-state index contributed by atoms with van der Waals surface area (Å²) in [6.07, 6.45) is 14.1. The Kier molecular flexibility index (Phi) is 13.8. The van der Waals surface area contributed by atoms with Gasteiger partial charge in [0, 0.05) is 36.6 Å². The van der Waals surface area contributed by atoms with Gasteiger partial charge in [-0.15, -0.1) is 0 Å². The molecule has 5 aromatic rings. The highest BCUT2D eigenvalue weighted by Gasteiger charge is 2.56. The Labute approximate surface area is 434 Å². The van der Waals surface area contributed by atoms with E-state index in [1.54, 1.807) is 0 Å². The van der Waals surface area contributed by atoms with E-state index in [0.29, 0.717) is 13.1 Å². The standard InChI is InChI=1S/C60H70N8O6/c1-35(2)51(65-57(71)73-7)55(69)67-33-59(23-24-59)29-49(67)53-61-31-47(63-53)43-19-15-40(16-20-43)45-27-37(5)9-13-41-14-12-39(11-10-38(45)6)28-46(41)42-17-21-44(22-18-42)48-32-62-54(64-48)50-30-60(25-26-60)34-68(50)56(70)52(36(3)4)66-58(72)74-8/h12,14-22,27-28,31-32,35-36,49-52H,5-6,9-11,13,23-26,29-30,33-34H2,1-4,7-8H3,(H,61,63)(H,62,64)(H,65,71)(H,66,72)/b45-27+/t49-,50-,51-,52-/m0/s1. The highest BCUT2D eigenvalue weighted by molar-refractivity contribution is 5.88. The monoisotopic (exact) mass is 999 g/mol. The third-order valence-electron chi connectivity index (χ3n) is 16.4. The van der Waals surface area contributed by atoms with Crippen LogP contribution in [-0.4, -0.2) is 93.1 Å². The minimum atomic E-state index is -0.694. The first kappa shape index (κ1) is 50.3. The lowest BCUT2D eigenvalue weighted by atomic mass is 9.87. The van der Waals surface area contributed by atoms with Crippen molar-refractivity contribution in [2.24, 2.45) is 22.7 Å². The lowest BCUT2D eigenvalue weighted by molar-refractivity contribution is -0.136. The molecule has 386 valence electrons. The van der Waals surface area contributed by atoms with Crippen LogP contribution in [0.15, 0.2) is 110 Å². The van der Waals surface area contributed by atoms with E-state index in [2.05, 4.69) is 107 Å². The van der Waals surface area contributed by atoms with Crippen molar-refractivity contribution >= 4 is 29.6 Å². The lowest BCUT2D eigenvalue weighted by Crippen LogP contribution is -2.51. The first-order valence-corrected chi connectivity index (χ1v) is 26.4. The molecule has 4 fully saturated rings. The van der Waals surface area contributed by atoms with Crippen molar-refractivity contribution in [3.63, 3.8) is 0 Å². The summed E-state index contributed by atoms with van der Waals surface area (Å²) in [5.41, 5.74) is 12.9. The normalized spacial score (nSPS) is 21.3. The Morgan fingerprint density at radius 2 is 1.11 bits per heavy atom. The summed E-state index contributed by atoms with van der Waals surface area (Å²) >= 11 is 0. The summed E-state index contributed by atoms with van der Waals surface area (Å²) in [5, 5.41) is 5.54. The smallest absolute Gasteiger partial charge is 0.407 e. The van der Waals surface area contributed by atoms with Gasteiger partial charge < -0.3 is 39.9 Å². The minimum Gasteiger partial charge on any atom is -0.453 e. The zero-order chi connectivity index (χ0) is 52.1. The molecule has 4 N–H and O–H groups in total.